The maximum absolute atomic E-state index is 11.2. The van der Waals surface area contributed by atoms with Crippen LogP contribution in [0.5, 0.6) is 0 Å². The van der Waals surface area contributed by atoms with E-state index in [1.54, 1.807) is 0 Å². The van der Waals surface area contributed by atoms with Crippen LogP contribution in [0.1, 0.15) is 11.1 Å². The Bertz CT molecular complexity index is 937. The number of fused-ring (bicyclic) bond motifs is 1. The fourth-order valence-corrected chi connectivity index (χ4v) is 3.35. The number of aliphatic hydroxyl groups excluding tert-OH is 1. The first-order valence-corrected chi connectivity index (χ1v) is 9.44. The van der Waals surface area contributed by atoms with E-state index in [1.807, 2.05) is 60.7 Å². The van der Waals surface area contributed by atoms with Crippen molar-refractivity contribution in [2.75, 3.05) is 6.61 Å². The summed E-state index contributed by atoms with van der Waals surface area (Å²) in [5.41, 5.74) is 2.20. The van der Waals surface area contributed by atoms with Crippen LogP contribution in [0.3, 0.4) is 0 Å². The van der Waals surface area contributed by atoms with E-state index in [1.165, 1.54) is 0 Å². The predicted molar refractivity (Wildman–Crippen MR) is 112 cm³/mol. The van der Waals surface area contributed by atoms with E-state index in [0.717, 1.165) is 21.9 Å². The Balaban J connectivity index is 1.72. The van der Waals surface area contributed by atoms with Gasteiger partial charge >= 0.3 is 6.09 Å². The van der Waals surface area contributed by atoms with Gasteiger partial charge in [0.1, 0.15) is 0 Å². The lowest BCUT2D eigenvalue weighted by atomic mass is 9.97. The van der Waals surface area contributed by atoms with Gasteiger partial charge in [0, 0.05) is 12.5 Å². The van der Waals surface area contributed by atoms with E-state index in [0.29, 0.717) is 12.8 Å². The molecule has 0 heterocycles. The monoisotopic (exact) mass is 375 g/mol. The van der Waals surface area contributed by atoms with Crippen LogP contribution in [0.25, 0.3) is 10.8 Å². The third-order valence-electron chi connectivity index (χ3n) is 4.77. The van der Waals surface area contributed by atoms with Gasteiger partial charge in [0.2, 0.25) is 0 Å². The number of rotatable bonds is 8. The Labute approximate surface area is 165 Å². The Morgan fingerprint density at radius 1 is 0.857 bits per heavy atom. The van der Waals surface area contributed by atoms with Gasteiger partial charge in [0.15, 0.2) is 0 Å². The molecule has 0 saturated carbocycles. The van der Waals surface area contributed by atoms with Crippen molar-refractivity contribution in [1.29, 1.82) is 0 Å². The highest BCUT2D eigenvalue weighted by atomic mass is 16.4. The number of hydrogen-bond acceptors (Lipinski definition) is 2. The average Bonchev–Trinajstić information content (AvgIpc) is 2.71. The van der Waals surface area contributed by atoms with Crippen LogP contribution < -0.4 is 5.32 Å². The minimum absolute atomic E-state index is 0.0150. The van der Waals surface area contributed by atoms with Crippen molar-refractivity contribution in [3.8, 4) is 0 Å². The molecule has 0 spiro atoms. The van der Waals surface area contributed by atoms with Crippen molar-refractivity contribution in [1.82, 2.24) is 5.32 Å². The first kappa shape index (κ1) is 19.6. The summed E-state index contributed by atoms with van der Waals surface area (Å²) < 4.78 is 0. The zero-order valence-corrected chi connectivity index (χ0v) is 15.7. The SMILES string of the molecule is O=C(O)N[C@@H](/C=C/C(CO)Cc1ccccc1)Cc1ccc2ccccc2c1. The minimum atomic E-state index is -1.06. The van der Waals surface area contributed by atoms with E-state index in [9.17, 15) is 15.0 Å². The zero-order valence-electron chi connectivity index (χ0n) is 15.7. The van der Waals surface area contributed by atoms with Gasteiger partial charge in [0.25, 0.3) is 0 Å². The highest BCUT2D eigenvalue weighted by molar-refractivity contribution is 5.83. The van der Waals surface area contributed by atoms with Crippen LogP contribution in [0, 0.1) is 5.92 Å². The summed E-state index contributed by atoms with van der Waals surface area (Å²) in [6.07, 6.45) is 3.97. The molecule has 3 aromatic rings. The normalized spacial score (nSPS) is 13.5. The lowest BCUT2D eigenvalue weighted by Crippen LogP contribution is -2.34. The third kappa shape index (κ3) is 5.69. The Kier molecular flexibility index (Phi) is 6.82. The molecule has 28 heavy (non-hydrogen) atoms. The van der Waals surface area contributed by atoms with Gasteiger partial charge in [-0.1, -0.05) is 84.9 Å². The van der Waals surface area contributed by atoms with Crippen molar-refractivity contribution in [2.45, 2.75) is 18.9 Å². The molecule has 0 saturated heterocycles. The van der Waals surface area contributed by atoms with Crippen LogP contribution in [0.15, 0.2) is 84.9 Å². The fourth-order valence-electron chi connectivity index (χ4n) is 3.35. The second-order valence-corrected chi connectivity index (χ2v) is 6.96. The highest BCUT2D eigenvalue weighted by Crippen LogP contribution is 2.17. The molecule has 0 aliphatic heterocycles. The first-order chi connectivity index (χ1) is 13.6. The van der Waals surface area contributed by atoms with Gasteiger partial charge in [-0.3, -0.25) is 0 Å². The van der Waals surface area contributed by atoms with Gasteiger partial charge in [-0.25, -0.2) is 4.79 Å². The molecule has 4 heteroatoms. The summed E-state index contributed by atoms with van der Waals surface area (Å²) in [6, 6.07) is 23.9. The average molecular weight is 375 g/mol. The van der Waals surface area contributed by atoms with Crippen LogP contribution in [-0.2, 0) is 12.8 Å². The Hall–Kier alpha value is -3.11. The number of nitrogens with one attached hydrogen (secondary N) is 1. The van der Waals surface area contributed by atoms with Gasteiger partial charge in [-0.2, -0.15) is 0 Å². The Morgan fingerprint density at radius 2 is 1.57 bits per heavy atom. The van der Waals surface area contributed by atoms with E-state index >= 15 is 0 Å². The fraction of sp³-hybridized carbons (Fsp3) is 0.208. The molecule has 0 aromatic heterocycles. The van der Waals surface area contributed by atoms with E-state index in [2.05, 4.69) is 29.6 Å². The summed E-state index contributed by atoms with van der Waals surface area (Å²) in [5, 5.41) is 23.8. The van der Waals surface area contributed by atoms with Crippen LogP contribution in [0.4, 0.5) is 4.79 Å². The molecule has 0 aliphatic rings. The molecular weight excluding hydrogens is 350 g/mol. The van der Waals surface area contributed by atoms with E-state index in [4.69, 9.17) is 0 Å². The molecule has 0 bridgehead atoms. The molecule has 144 valence electrons. The topological polar surface area (TPSA) is 69.6 Å². The molecule has 2 atom stereocenters. The quantitative estimate of drug-likeness (QED) is 0.510. The lowest BCUT2D eigenvalue weighted by molar-refractivity contribution is 0.192. The number of aliphatic hydroxyl groups is 1. The predicted octanol–water partition coefficient (Wildman–Crippen LogP) is 4.43. The number of amides is 1. The van der Waals surface area contributed by atoms with Crippen LogP contribution in [-0.4, -0.2) is 29.0 Å². The van der Waals surface area contributed by atoms with Crippen LogP contribution >= 0.6 is 0 Å². The van der Waals surface area contributed by atoms with Gasteiger partial charge in [0.05, 0.1) is 6.04 Å². The molecule has 4 nitrogen and oxygen atoms in total. The number of hydrogen-bond donors (Lipinski definition) is 3. The molecule has 1 amide bonds. The van der Waals surface area contributed by atoms with E-state index < -0.39 is 6.09 Å². The molecule has 0 fully saturated rings. The second kappa shape index (κ2) is 9.72. The minimum Gasteiger partial charge on any atom is -0.465 e. The summed E-state index contributed by atoms with van der Waals surface area (Å²) in [4.78, 5) is 11.2. The van der Waals surface area contributed by atoms with Crippen molar-refractivity contribution in [3.63, 3.8) is 0 Å². The largest absolute Gasteiger partial charge is 0.465 e. The van der Waals surface area contributed by atoms with Crippen molar-refractivity contribution < 1.29 is 15.0 Å². The van der Waals surface area contributed by atoms with Crippen molar-refractivity contribution >= 4 is 16.9 Å². The summed E-state index contributed by atoms with van der Waals surface area (Å²) in [6.45, 7) is 0.0150. The maximum atomic E-state index is 11.2. The highest BCUT2D eigenvalue weighted by Gasteiger charge is 2.12. The molecular formula is C24H25NO3. The zero-order chi connectivity index (χ0) is 19.8. The number of carbonyl (C=O) groups is 1. The summed E-state index contributed by atoms with van der Waals surface area (Å²) in [7, 11) is 0. The molecule has 0 aliphatic carbocycles. The molecule has 3 N–H and O–H groups in total. The van der Waals surface area contributed by atoms with Crippen molar-refractivity contribution in [2.24, 2.45) is 5.92 Å². The summed E-state index contributed by atoms with van der Waals surface area (Å²) in [5.74, 6) is -0.0582. The summed E-state index contributed by atoms with van der Waals surface area (Å²) >= 11 is 0. The van der Waals surface area contributed by atoms with Crippen molar-refractivity contribution in [3.05, 3.63) is 96.1 Å². The van der Waals surface area contributed by atoms with E-state index in [-0.39, 0.29) is 18.6 Å². The Morgan fingerprint density at radius 3 is 2.29 bits per heavy atom. The maximum Gasteiger partial charge on any atom is 0.405 e. The van der Waals surface area contributed by atoms with Crippen LogP contribution in [0.2, 0.25) is 0 Å². The number of carboxylic acid groups (broad SMARTS) is 1. The lowest BCUT2D eigenvalue weighted by Gasteiger charge is -2.15. The first-order valence-electron chi connectivity index (χ1n) is 9.44. The standard InChI is InChI=1S/C24H25NO3/c26-17-20(14-18-6-2-1-3-7-18)11-13-23(25-24(27)28)16-19-10-12-21-8-4-5-9-22(21)15-19/h1-13,15,20,23,25-26H,14,16-17H2,(H,27,28)/b13-11+/t20?,23-/m0/s1. The molecule has 3 rings (SSSR count). The third-order valence-corrected chi connectivity index (χ3v) is 4.77. The molecule has 1 unspecified atom stereocenters. The second-order valence-electron chi connectivity index (χ2n) is 6.96. The molecule has 0 radical (unpaired) electrons. The van der Waals surface area contributed by atoms with Gasteiger partial charge < -0.3 is 15.5 Å². The molecule has 3 aromatic carbocycles. The smallest absolute Gasteiger partial charge is 0.405 e. The van der Waals surface area contributed by atoms with Gasteiger partial charge in [-0.05, 0) is 34.7 Å². The number of benzene rings is 3. The van der Waals surface area contributed by atoms with Gasteiger partial charge in [-0.15, -0.1) is 0 Å².